The van der Waals surface area contributed by atoms with Crippen molar-refractivity contribution in [3.63, 3.8) is 0 Å². The Kier molecular flexibility index (Phi) is 18.1. The number of likely N-dealkylation sites (N-methyl/N-ethyl adjacent to an activating group) is 4. The predicted molar refractivity (Wildman–Crippen MR) is 308 cm³/mol. The number of hydrogen-bond donors (Lipinski definition) is 4. The molecule has 8 amide bonds. The summed E-state index contributed by atoms with van der Waals surface area (Å²) in [5.74, 6) is -5.39. The Hall–Kier alpha value is -9.48. The maximum Gasteiger partial charge on any atom is 0.255 e. The number of pyridine rings is 2. The summed E-state index contributed by atoms with van der Waals surface area (Å²) in [4.78, 5) is 130. The Labute approximate surface area is 484 Å². The molecule has 0 aliphatic carbocycles. The van der Waals surface area contributed by atoms with Crippen LogP contribution in [0.1, 0.15) is 56.8 Å². The maximum absolute atomic E-state index is 15.2. The van der Waals surface area contributed by atoms with Crippen molar-refractivity contribution >= 4 is 69.1 Å². The number of carbonyl (C=O) groups is 8. The quantitative estimate of drug-likeness (QED) is 0.0796. The van der Waals surface area contributed by atoms with Crippen molar-refractivity contribution in [2.75, 3.05) is 41.3 Å². The van der Waals surface area contributed by atoms with E-state index in [1.54, 1.807) is 97.1 Å². The van der Waals surface area contributed by atoms with Gasteiger partial charge >= 0.3 is 0 Å². The summed E-state index contributed by atoms with van der Waals surface area (Å²) in [5, 5.41) is 32.3. The van der Waals surface area contributed by atoms with E-state index < -0.39 is 95.7 Å². The fourth-order valence-electron chi connectivity index (χ4n) is 11.2. The summed E-state index contributed by atoms with van der Waals surface area (Å²) in [6.45, 7) is -0.618. The van der Waals surface area contributed by atoms with Gasteiger partial charge in [-0.1, -0.05) is 102 Å². The molecule has 2 saturated heterocycles. The number of aliphatic hydroxyl groups excluding tert-OH is 2. The smallest absolute Gasteiger partial charge is 0.255 e. The first kappa shape index (κ1) is 59.2. The topological polar surface area (TPSA) is 305 Å². The van der Waals surface area contributed by atoms with Gasteiger partial charge in [-0.3, -0.25) is 53.0 Å². The number of aliphatic hydroxyl groups is 2. The zero-order valence-corrected chi connectivity index (χ0v) is 47.0. The molecule has 2 aliphatic rings. The molecule has 6 N–H and O–H groups in total. The molecule has 0 saturated carbocycles. The number of nitrogens with zero attached hydrogens (tertiary/aromatic N) is 11. The van der Waals surface area contributed by atoms with E-state index in [0.717, 1.165) is 11.1 Å². The van der Waals surface area contributed by atoms with Crippen molar-refractivity contribution in [3.05, 3.63) is 168 Å². The lowest BCUT2D eigenvalue weighted by molar-refractivity contribution is -0.148. The molecular weight excluding hydrogens is 1070 g/mol. The summed E-state index contributed by atoms with van der Waals surface area (Å²) in [6, 6.07) is 28.3. The van der Waals surface area contributed by atoms with Gasteiger partial charge in [0.25, 0.3) is 11.8 Å². The molecule has 0 unspecified atom stereocenters. The van der Waals surface area contributed by atoms with Crippen LogP contribution in [0, 0.1) is 0 Å². The number of nitrogens with two attached hydrogens (primary N) is 2. The number of para-hydroxylation sites is 2. The molecule has 0 spiro atoms. The van der Waals surface area contributed by atoms with Crippen LogP contribution in [0.15, 0.2) is 140 Å². The minimum Gasteiger partial charge on any atom is -0.391 e. The largest absolute Gasteiger partial charge is 0.391 e. The number of primary amides is 2. The van der Waals surface area contributed by atoms with Crippen LogP contribution in [0.4, 0.5) is 0 Å². The van der Waals surface area contributed by atoms with Crippen LogP contribution < -0.4 is 11.5 Å². The molecule has 2 fully saturated rings. The number of rotatable bonds is 21. The van der Waals surface area contributed by atoms with Crippen molar-refractivity contribution in [1.82, 2.24) is 54.4 Å². The van der Waals surface area contributed by atoms with E-state index in [-0.39, 0.29) is 75.0 Å². The monoisotopic (exact) mass is 1140 g/mol. The molecule has 9 rings (SSSR count). The van der Waals surface area contributed by atoms with Crippen LogP contribution in [0.25, 0.3) is 21.8 Å². The number of aromatic nitrogens is 5. The van der Waals surface area contributed by atoms with Crippen LogP contribution in [0.2, 0.25) is 0 Å². The van der Waals surface area contributed by atoms with Gasteiger partial charge in [-0.05, 0) is 41.8 Å². The van der Waals surface area contributed by atoms with Crippen LogP contribution in [-0.4, -0.2) is 202 Å². The number of fused-ring (bicyclic) bond motifs is 2. The Balaban J connectivity index is 0.996. The number of carbonyl (C=O) groups excluding carboxylic acids is 8. The number of benzene rings is 4. The van der Waals surface area contributed by atoms with Crippen LogP contribution in [-0.2, 0) is 54.6 Å². The Morgan fingerprint density at radius 2 is 0.964 bits per heavy atom. The molecule has 8 atom stereocenters. The molecule has 436 valence electrons. The Morgan fingerprint density at radius 3 is 1.42 bits per heavy atom. The highest BCUT2D eigenvalue weighted by Gasteiger charge is 2.47. The Morgan fingerprint density at radius 1 is 0.548 bits per heavy atom. The van der Waals surface area contributed by atoms with Crippen LogP contribution in [0.3, 0.4) is 0 Å². The van der Waals surface area contributed by atoms with Crippen molar-refractivity contribution < 1.29 is 48.6 Å². The molecule has 23 heteroatoms. The molecule has 5 heterocycles. The molecule has 0 radical (unpaired) electrons. The lowest BCUT2D eigenvalue weighted by Gasteiger charge is -2.35. The summed E-state index contributed by atoms with van der Waals surface area (Å²) in [5.41, 5.74) is 15.0. The van der Waals surface area contributed by atoms with E-state index in [2.05, 4.69) is 20.3 Å². The number of aryl methyl sites for hydroxylation is 1. The molecule has 0 bridgehead atoms. The van der Waals surface area contributed by atoms with E-state index in [0.29, 0.717) is 21.8 Å². The van der Waals surface area contributed by atoms with Gasteiger partial charge in [0.05, 0.1) is 40.1 Å². The van der Waals surface area contributed by atoms with Crippen molar-refractivity contribution in [1.29, 1.82) is 0 Å². The van der Waals surface area contributed by atoms with Crippen molar-refractivity contribution in [2.24, 2.45) is 11.5 Å². The lowest BCUT2D eigenvalue weighted by atomic mass is 10.0. The molecule has 4 aromatic carbocycles. The van der Waals surface area contributed by atoms with Gasteiger partial charge < -0.3 is 51.1 Å². The maximum atomic E-state index is 15.2. The summed E-state index contributed by atoms with van der Waals surface area (Å²) in [6.07, 6.45) is 1.51. The Bertz CT molecular complexity index is 3590. The first-order chi connectivity index (χ1) is 40.3. The zero-order valence-electron chi connectivity index (χ0n) is 47.0. The second-order valence-electron chi connectivity index (χ2n) is 21.6. The van der Waals surface area contributed by atoms with Gasteiger partial charge in [-0.15, -0.1) is 5.10 Å². The highest BCUT2D eigenvalue weighted by Crippen LogP contribution is 2.28. The second-order valence-corrected chi connectivity index (χ2v) is 21.6. The third kappa shape index (κ3) is 13.1. The molecule has 7 aromatic rings. The van der Waals surface area contributed by atoms with Gasteiger partial charge in [-0.2, -0.15) is 0 Å². The van der Waals surface area contributed by atoms with E-state index in [4.69, 9.17) is 11.5 Å². The van der Waals surface area contributed by atoms with E-state index in [9.17, 15) is 39.0 Å². The van der Waals surface area contributed by atoms with E-state index in [1.807, 2.05) is 24.3 Å². The molecule has 3 aromatic heterocycles. The summed E-state index contributed by atoms with van der Waals surface area (Å²) in [7, 11) is 5.71. The number of amides is 8. The fraction of sp³-hybridized carbons (Fsp3) is 0.344. The van der Waals surface area contributed by atoms with Gasteiger partial charge in [0.15, 0.2) is 0 Å². The van der Waals surface area contributed by atoms with E-state index >= 15 is 9.59 Å². The van der Waals surface area contributed by atoms with Gasteiger partial charge in [-0.25, -0.2) is 0 Å². The van der Waals surface area contributed by atoms with E-state index in [1.165, 1.54) is 80.9 Å². The van der Waals surface area contributed by atoms with Gasteiger partial charge in [0.2, 0.25) is 35.4 Å². The molecule has 23 nitrogen and oxygen atoms in total. The number of β-amino-alcohol motifs (C(OH)–C–C–N with tert-alkyl or cyclic N) is 2. The molecular formula is C61H67N13O10. The first-order valence-corrected chi connectivity index (χ1v) is 27.6. The lowest BCUT2D eigenvalue weighted by Crippen LogP contribution is -2.57. The molecule has 2 aliphatic heterocycles. The number of likely N-dealkylation sites (tertiary alicyclic amines) is 2. The minimum absolute atomic E-state index is 0.0753. The van der Waals surface area contributed by atoms with Crippen molar-refractivity contribution in [2.45, 2.75) is 93.5 Å². The molecule has 84 heavy (non-hydrogen) atoms. The third-order valence-corrected chi connectivity index (χ3v) is 16.0. The number of hydrogen-bond acceptors (Lipinski definition) is 14. The second kappa shape index (κ2) is 25.8. The normalized spacial score (nSPS) is 18.2. The minimum atomic E-state index is -1.37. The standard InChI is InChI=1S/C61H67N13O10/c1-68(56(79)41-27-39-19-11-13-21-46(39)64-32-41)48(60(83)73-35-44(75)30-52(73)58(81)69(2)49(54(62)77)25-37-15-7-5-8-16-37)23-24-72-34-43(66-67-72)29-51(71(4)57(80)42-28-40-20-12-14-22-47(40)65-33-42)61(84)74-36-45(76)31-53(74)59(82)70(3)50(55(63)78)26-38-17-9-6-10-18-38/h5-22,27-28,32-34,44-45,48-53,75-76H,23-26,29-31,35-36H2,1-4H3,(H2,62,77)(H2,63,78)/t44-,45-,48+,49+,50+,51+,52+,53+/m1/s1. The summed E-state index contributed by atoms with van der Waals surface area (Å²) < 4.78 is 1.40. The highest BCUT2D eigenvalue weighted by molar-refractivity contribution is 6.02. The summed E-state index contributed by atoms with van der Waals surface area (Å²) >= 11 is 0. The zero-order chi connectivity index (χ0) is 59.9. The average Bonchev–Trinajstić information content (AvgIpc) is 3.25. The van der Waals surface area contributed by atoms with Crippen LogP contribution >= 0.6 is 0 Å². The average molecular weight is 1140 g/mol. The fourth-order valence-corrected chi connectivity index (χ4v) is 11.2. The third-order valence-electron chi connectivity index (χ3n) is 16.0. The van der Waals surface area contributed by atoms with Crippen LogP contribution in [0.5, 0.6) is 0 Å². The van der Waals surface area contributed by atoms with Gasteiger partial charge in [0, 0.05) is 109 Å². The van der Waals surface area contributed by atoms with Crippen molar-refractivity contribution in [3.8, 4) is 0 Å². The van der Waals surface area contributed by atoms with Gasteiger partial charge in [0.1, 0.15) is 36.3 Å². The first-order valence-electron chi connectivity index (χ1n) is 27.6. The highest BCUT2D eigenvalue weighted by atomic mass is 16.3. The predicted octanol–water partition coefficient (Wildman–Crippen LogP) is 1.62. The SMILES string of the molecule is CN(C(=O)c1cnc2ccccc2c1)[C@@H](CCn1cc(C[C@@H](C(=O)N2C[C@H](O)C[C@H]2C(=O)N(C)[C@@H](Cc2ccccc2)C(N)=O)N(C)C(=O)c2cnc3ccccc3c2)nn1)C(=O)N1C[C@H](O)C[C@H]1C(=O)N(C)[C@@H](Cc1ccccc1)C(N)=O.